The molecule has 2 aromatic rings. The molecule has 0 fully saturated rings. The van der Waals surface area contributed by atoms with Crippen LogP contribution in [0, 0.1) is 20.8 Å². The van der Waals surface area contributed by atoms with Crippen LogP contribution in [0.5, 0.6) is 5.75 Å². The van der Waals surface area contributed by atoms with E-state index in [4.69, 9.17) is 9.84 Å². The minimum absolute atomic E-state index is 0.384. The Morgan fingerprint density at radius 1 is 1.33 bits per heavy atom. The van der Waals surface area contributed by atoms with E-state index in [0.29, 0.717) is 6.61 Å². The Morgan fingerprint density at radius 2 is 2.10 bits per heavy atom. The molecular formula is C16H17NO3S. The molecule has 1 N–H and O–H groups in total. The average Bonchev–Trinajstić information content (AvgIpc) is 2.78. The minimum atomic E-state index is -0.962. The van der Waals surface area contributed by atoms with Crippen LogP contribution in [0.15, 0.2) is 24.3 Å². The normalized spacial score (nSPS) is 11.0. The van der Waals surface area contributed by atoms with Gasteiger partial charge in [-0.15, -0.1) is 11.3 Å². The quantitative estimate of drug-likeness (QED) is 0.855. The molecule has 0 spiro atoms. The van der Waals surface area contributed by atoms with E-state index in [-0.39, 0.29) is 0 Å². The largest absolute Gasteiger partial charge is 0.486 e. The van der Waals surface area contributed by atoms with Crippen molar-refractivity contribution in [1.82, 2.24) is 4.98 Å². The standard InChI is InChI=1S/C16H17NO3S/c1-10-4-5-13(8-11(10)2)20-9-15-17-12(3)14(21-15)6-7-16(18)19/h4-8H,9H2,1-3H3,(H,18,19)/b7-6+. The van der Waals surface area contributed by atoms with Crippen LogP contribution in [0.3, 0.4) is 0 Å². The number of ether oxygens (including phenoxy) is 1. The molecule has 1 heterocycles. The predicted molar refractivity (Wildman–Crippen MR) is 83.8 cm³/mol. The summed E-state index contributed by atoms with van der Waals surface area (Å²) in [6.07, 6.45) is 2.68. The van der Waals surface area contributed by atoms with Gasteiger partial charge in [0, 0.05) is 6.08 Å². The maximum absolute atomic E-state index is 10.5. The second-order valence-electron chi connectivity index (χ2n) is 4.76. The van der Waals surface area contributed by atoms with E-state index >= 15 is 0 Å². The lowest BCUT2D eigenvalue weighted by atomic mass is 10.1. The lowest BCUT2D eigenvalue weighted by Crippen LogP contribution is -1.95. The maximum atomic E-state index is 10.5. The first-order valence-electron chi connectivity index (χ1n) is 6.53. The van der Waals surface area contributed by atoms with E-state index in [2.05, 4.69) is 11.9 Å². The maximum Gasteiger partial charge on any atom is 0.328 e. The summed E-state index contributed by atoms with van der Waals surface area (Å²) >= 11 is 1.44. The zero-order valence-corrected chi connectivity index (χ0v) is 13.0. The van der Waals surface area contributed by atoms with Gasteiger partial charge in [-0.2, -0.15) is 0 Å². The number of nitrogens with zero attached hydrogens (tertiary/aromatic N) is 1. The zero-order valence-electron chi connectivity index (χ0n) is 12.2. The third-order valence-electron chi connectivity index (χ3n) is 3.09. The molecule has 0 amide bonds. The minimum Gasteiger partial charge on any atom is -0.486 e. The van der Waals surface area contributed by atoms with Gasteiger partial charge in [0.15, 0.2) is 0 Å². The van der Waals surface area contributed by atoms with Gasteiger partial charge in [-0.3, -0.25) is 0 Å². The number of hydrogen-bond donors (Lipinski definition) is 1. The third-order valence-corrected chi connectivity index (χ3v) is 4.19. The molecule has 0 unspecified atom stereocenters. The van der Waals surface area contributed by atoms with Crippen molar-refractivity contribution in [2.24, 2.45) is 0 Å². The topological polar surface area (TPSA) is 59.4 Å². The van der Waals surface area contributed by atoms with E-state index < -0.39 is 5.97 Å². The molecule has 5 heteroatoms. The number of aryl methyl sites for hydroxylation is 3. The van der Waals surface area contributed by atoms with Gasteiger partial charge in [0.1, 0.15) is 17.4 Å². The van der Waals surface area contributed by atoms with Crippen LogP contribution < -0.4 is 4.74 Å². The molecule has 1 aromatic carbocycles. The highest BCUT2D eigenvalue weighted by Gasteiger charge is 2.07. The van der Waals surface area contributed by atoms with Gasteiger partial charge in [0.05, 0.1) is 10.6 Å². The van der Waals surface area contributed by atoms with Crippen LogP contribution in [-0.4, -0.2) is 16.1 Å². The second-order valence-corrected chi connectivity index (χ2v) is 5.88. The number of aromatic nitrogens is 1. The van der Waals surface area contributed by atoms with Crippen LogP contribution in [0.1, 0.15) is 26.7 Å². The summed E-state index contributed by atoms with van der Waals surface area (Å²) < 4.78 is 5.73. The van der Waals surface area contributed by atoms with Crippen molar-refractivity contribution < 1.29 is 14.6 Å². The molecule has 1 aromatic heterocycles. The van der Waals surface area contributed by atoms with Crippen molar-refractivity contribution in [3.63, 3.8) is 0 Å². The number of thiazole rings is 1. The summed E-state index contributed by atoms with van der Waals surface area (Å²) in [4.78, 5) is 15.8. The van der Waals surface area contributed by atoms with Crippen LogP contribution in [0.25, 0.3) is 6.08 Å². The predicted octanol–water partition coefficient (Wildman–Crippen LogP) is 3.75. The second kappa shape index (κ2) is 6.54. The Morgan fingerprint density at radius 3 is 2.76 bits per heavy atom. The number of benzene rings is 1. The van der Waals surface area contributed by atoms with E-state index in [9.17, 15) is 4.79 Å². The molecule has 0 radical (unpaired) electrons. The van der Waals surface area contributed by atoms with Gasteiger partial charge in [0.2, 0.25) is 0 Å². The number of hydrogen-bond acceptors (Lipinski definition) is 4. The van der Waals surface area contributed by atoms with E-state index in [0.717, 1.165) is 27.4 Å². The first-order valence-corrected chi connectivity index (χ1v) is 7.34. The molecule has 0 atom stereocenters. The van der Waals surface area contributed by atoms with E-state index in [1.165, 1.54) is 22.5 Å². The monoisotopic (exact) mass is 303 g/mol. The molecule has 21 heavy (non-hydrogen) atoms. The van der Waals surface area contributed by atoms with Gasteiger partial charge in [-0.25, -0.2) is 9.78 Å². The molecule has 0 saturated carbocycles. The van der Waals surface area contributed by atoms with E-state index in [1.54, 1.807) is 6.08 Å². The molecular weight excluding hydrogens is 286 g/mol. The van der Waals surface area contributed by atoms with Gasteiger partial charge in [-0.05, 0) is 50.1 Å². The third kappa shape index (κ3) is 4.16. The van der Waals surface area contributed by atoms with Gasteiger partial charge >= 0.3 is 5.97 Å². The summed E-state index contributed by atoms with van der Waals surface area (Å²) in [6.45, 7) is 6.35. The molecule has 2 rings (SSSR count). The fourth-order valence-electron chi connectivity index (χ4n) is 1.78. The highest BCUT2D eigenvalue weighted by Crippen LogP contribution is 2.22. The van der Waals surface area contributed by atoms with Crippen LogP contribution in [-0.2, 0) is 11.4 Å². The summed E-state index contributed by atoms with van der Waals surface area (Å²) in [5.41, 5.74) is 3.23. The Balaban J connectivity index is 2.05. The first kappa shape index (κ1) is 15.3. The highest BCUT2D eigenvalue weighted by atomic mass is 32.1. The summed E-state index contributed by atoms with van der Waals surface area (Å²) in [5.74, 6) is -0.149. The van der Waals surface area contributed by atoms with Gasteiger partial charge in [-0.1, -0.05) is 6.07 Å². The SMILES string of the molecule is Cc1ccc(OCc2nc(C)c(/C=C/C(=O)O)s2)cc1C. The number of aliphatic carboxylic acids is 1. The van der Waals surface area contributed by atoms with Crippen molar-refractivity contribution >= 4 is 23.4 Å². The van der Waals surface area contributed by atoms with Crippen LogP contribution in [0.2, 0.25) is 0 Å². The Hall–Kier alpha value is -2.14. The number of carbonyl (C=O) groups is 1. The molecule has 110 valence electrons. The fourth-order valence-corrected chi connectivity index (χ4v) is 2.66. The first-order chi connectivity index (χ1) is 9.95. The summed E-state index contributed by atoms with van der Waals surface area (Å²) in [7, 11) is 0. The van der Waals surface area contributed by atoms with Gasteiger partial charge < -0.3 is 9.84 Å². The molecule has 4 nitrogen and oxygen atoms in total. The molecule has 0 bridgehead atoms. The smallest absolute Gasteiger partial charge is 0.328 e. The summed E-state index contributed by atoms with van der Waals surface area (Å²) in [5, 5.41) is 9.48. The van der Waals surface area contributed by atoms with Crippen molar-refractivity contribution in [2.75, 3.05) is 0 Å². The molecule has 0 aliphatic carbocycles. The Labute approximate surface area is 127 Å². The average molecular weight is 303 g/mol. The van der Waals surface area contributed by atoms with Crippen LogP contribution >= 0.6 is 11.3 Å². The van der Waals surface area contributed by atoms with Crippen LogP contribution in [0.4, 0.5) is 0 Å². The van der Waals surface area contributed by atoms with Crippen molar-refractivity contribution in [3.8, 4) is 5.75 Å². The number of rotatable bonds is 5. The molecule has 0 aliphatic heterocycles. The fraction of sp³-hybridized carbons (Fsp3) is 0.250. The van der Waals surface area contributed by atoms with Crippen molar-refractivity contribution in [1.29, 1.82) is 0 Å². The van der Waals surface area contributed by atoms with Crippen molar-refractivity contribution in [3.05, 3.63) is 51.0 Å². The number of carboxylic acids is 1. The highest BCUT2D eigenvalue weighted by molar-refractivity contribution is 7.12. The van der Waals surface area contributed by atoms with Gasteiger partial charge in [0.25, 0.3) is 0 Å². The Bertz CT molecular complexity index is 689. The molecule has 0 aliphatic rings. The summed E-state index contributed by atoms with van der Waals surface area (Å²) in [6, 6.07) is 5.97. The van der Waals surface area contributed by atoms with Crippen molar-refractivity contribution in [2.45, 2.75) is 27.4 Å². The zero-order chi connectivity index (χ0) is 15.4. The van der Waals surface area contributed by atoms with E-state index in [1.807, 2.05) is 32.0 Å². The Kier molecular flexibility index (Phi) is 4.75. The number of carboxylic acid groups (broad SMARTS) is 1. The lowest BCUT2D eigenvalue weighted by Gasteiger charge is -2.06. The lowest BCUT2D eigenvalue weighted by molar-refractivity contribution is -0.131. The molecule has 0 saturated heterocycles.